The molecular weight excluding hydrogens is 194 g/mol. The number of ether oxygens (including phenoxy) is 1. The molecule has 0 spiro atoms. The molecule has 0 heterocycles. The molecule has 0 aromatic heterocycles. The second-order valence-corrected chi connectivity index (χ2v) is 3.98. The summed E-state index contributed by atoms with van der Waals surface area (Å²) in [7, 11) is 0. The van der Waals surface area contributed by atoms with Crippen LogP contribution in [0.1, 0.15) is 40.5 Å². The fraction of sp³-hybridized carbons (Fsp3) is 0.909. The number of hydrogen-bond donors (Lipinski definition) is 2. The van der Waals surface area contributed by atoms with Gasteiger partial charge in [0.1, 0.15) is 0 Å². The van der Waals surface area contributed by atoms with Gasteiger partial charge in [-0.15, -0.1) is 0 Å². The molecule has 0 aliphatic rings. The first-order valence-electron chi connectivity index (χ1n) is 5.63. The van der Waals surface area contributed by atoms with Crippen molar-refractivity contribution in [3.63, 3.8) is 0 Å². The fourth-order valence-electron chi connectivity index (χ4n) is 1.44. The van der Waals surface area contributed by atoms with Crippen LogP contribution < -0.4 is 5.32 Å². The van der Waals surface area contributed by atoms with Crippen molar-refractivity contribution >= 4 is 6.09 Å². The number of aliphatic hydroxyl groups excluding tert-OH is 1. The third-order valence-corrected chi connectivity index (χ3v) is 2.39. The van der Waals surface area contributed by atoms with Gasteiger partial charge in [-0.05, 0) is 19.8 Å². The van der Waals surface area contributed by atoms with Gasteiger partial charge in [-0.2, -0.15) is 0 Å². The first-order valence-corrected chi connectivity index (χ1v) is 5.63. The van der Waals surface area contributed by atoms with Gasteiger partial charge in [0, 0.05) is 6.54 Å². The number of carbonyl (C=O) groups is 1. The molecule has 0 radical (unpaired) electrons. The lowest BCUT2D eigenvalue weighted by molar-refractivity contribution is 0.0848. The Morgan fingerprint density at radius 3 is 2.27 bits per heavy atom. The van der Waals surface area contributed by atoms with E-state index in [1.165, 1.54) is 0 Å². The number of amides is 1. The highest BCUT2D eigenvalue weighted by Gasteiger charge is 2.16. The van der Waals surface area contributed by atoms with E-state index in [-0.39, 0.29) is 18.6 Å². The predicted molar refractivity (Wildman–Crippen MR) is 59.7 cm³/mol. The average molecular weight is 217 g/mol. The van der Waals surface area contributed by atoms with Crippen molar-refractivity contribution in [2.75, 3.05) is 6.54 Å². The first-order chi connectivity index (χ1) is 7.01. The first kappa shape index (κ1) is 14.2. The Bertz CT molecular complexity index is 179. The van der Waals surface area contributed by atoms with E-state index in [1.54, 1.807) is 13.8 Å². The molecule has 0 saturated carbocycles. The number of carbonyl (C=O) groups excluding carboxylic acids is 1. The van der Waals surface area contributed by atoms with Crippen molar-refractivity contribution in [2.45, 2.75) is 52.7 Å². The molecule has 15 heavy (non-hydrogen) atoms. The van der Waals surface area contributed by atoms with E-state index < -0.39 is 12.2 Å². The van der Waals surface area contributed by atoms with Crippen LogP contribution in [0.3, 0.4) is 0 Å². The number of rotatable bonds is 6. The molecule has 0 saturated heterocycles. The van der Waals surface area contributed by atoms with Crippen LogP contribution in [0.2, 0.25) is 0 Å². The van der Waals surface area contributed by atoms with Gasteiger partial charge in [-0.25, -0.2) is 4.79 Å². The van der Waals surface area contributed by atoms with Crippen molar-refractivity contribution < 1.29 is 14.6 Å². The minimum absolute atomic E-state index is 0.129. The minimum atomic E-state index is -0.486. The summed E-state index contributed by atoms with van der Waals surface area (Å²) < 4.78 is 4.89. The normalized spacial score (nSPS) is 13.0. The zero-order valence-electron chi connectivity index (χ0n) is 10.1. The lowest BCUT2D eigenvalue weighted by atomic mass is 9.97. The van der Waals surface area contributed by atoms with Crippen molar-refractivity contribution in [3.05, 3.63) is 0 Å². The van der Waals surface area contributed by atoms with Gasteiger partial charge in [0.25, 0.3) is 0 Å². The Balaban J connectivity index is 3.78. The van der Waals surface area contributed by atoms with Crippen LogP contribution in [0.5, 0.6) is 0 Å². The Morgan fingerprint density at radius 1 is 1.33 bits per heavy atom. The third-order valence-electron chi connectivity index (χ3n) is 2.39. The van der Waals surface area contributed by atoms with Crippen LogP contribution in [-0.4, -0.2) is 30.0 Å². The maximum atomic E-state index is 11.1. The predicted octanol–water partition coefficient (Wildman–Crippen LogP) is 1.92. The molecule has 0 aliphatic heterocycles. The molecule has 90 valence electrons. The van der Waals surface area contributed by atoms with E-state index in [1.807, 2.05) is 13.8 Å². The highest BCUT2D eigenvalue weighted by atomic mass is 16.6. The lowest BCUT2D eigenvalue weighted by Crippen LogP contribution is -2.37. The standard InChI is InChI=1S/C11H23NO3/c1-5-9(6-2)10(13)7-12-11(14)15-8(3)4/h8-10,13H,5-7H2,1-4H3,(H,12,14). The Morgan fingerprint density at radius 2 is 1.87 bits per heavy atom. The van der Waals surface area contributed by atoms with E-state index in [0.29, 0.717) is 0 Å². The second-order valence-electron chi connectivity index (χ2n) is 3.98. The highest BCUT2D eigenvalue weighted by Crippen LogP contribution is 2.12. The Hall–Kier alpha value is -0.770. The maximum absolute atomic E-state index is 11.1. The van der Waals surface area contributed by atoms with E-state index in [4.69, 9.17) is 4.74 Å². The van der Waals surface area contributed by atoms with Gasteiger partial charge in [0.05, 0.1) is 12.2 Å². The zero-order chi connectivity index (χ0) is 11.8. The van der Waals surface area contributed by atoms with Crippen molar-refractivity contribution in [1.82, 2.24) is 5.32 Å². The van der Waals surface area contributed by atoms with Crippen molar-refractivity contribution in [1.29, 1.82) is 0 Å². The molecule has 0 aromatic carbocycles. The Kier molecular flexibility index (Phi) is 7.13. The van der Waals surface area contributed by atoms with Crippen LogP contribution in [0.4, 0.5) is 4.79 Å². The van der Waals surface area contributed by atoms with Crippen LogP contribution in [0, 0.1) is 5.92 Å². The van der Waals surface area contributed by atoms with Crippen molar-refractivity contribution in [3.8, 4) is 0 Å². The maximum Gasteiger partial charge on any atom is 0.407 e. The highest BCUT2D eigenvalue weighted by molar-refractivity contribution is 5.67. The number of hydrogen-bond acceptors (Lipinski definition) is 3. The average Bonchev–Trinajstić information content (AvgIpc) is 2.15. The summed E-state index contributed by atoms with van der Waals surface area (Å²) in [5.74, 6) is 0.240. The molecule has 0 fully saturated rings. The van der Waals surface area contributed by atoms with Crippen LogP contribution in [0.25, 0.3) is 0 Å². The van der Waals surface area contributed by atoms with E-state index in [0.717, 1.165) is 12.8 Å². The summed E-state index contributed by atoms with van der Waals surface area (Å²) in [4.78, 5) is 11.1. The van der Waals surface area contributed by atoms with Gasteiger partial charge in [0.2, 0.25) is 0 Å². The quantitative estimate of drug-likeness (QED) is 0.714. The summed E-state index contributed by atoms with van der Waals surface area (Å²) in [6.45, 7) is 7.90. The summed E-state index contributed by atoms with van der Waals surface area (Å²) in [5, 5.41) is 12.3. The molecule has 0 rings (SSSR count). The molecule has 4 nitrogen and oxygen atoms in total. The third kappa shape index (κ3) is 6.33. The monoisotopic (exact) mass is 217 g/mol. The summed E-state index contributed by atoms with van der Waals surface area (Å²) >= 11 is 0. The number of alkyl carbamates (subject to hydrolysis) is 1. The van der Waals surface area contributed by atoms with Gasteiger partial charge < -0.3 is 15.2 Å². The van der Waals surface area contributed by atoms with Crippen LogP contribution >= 0.6 is 0 Å². The van der Waals surface area contributed by atoms with E-state index >= 15 is 0 Å². The molecule has 2 N–H and O–H groups in total. The van der Waals surface area contributed by atoms with Crippen molar-refractivity contribution in [2.24, 2.45) is 5.92 Å². The Labute approximate surface area is 92.0 Å². The molecule has 1 atom stereocenters. The largest absolute Gasteiger partial charge is 0.447 e. The molecule has 1 amide bonds. The molecule has 4 heteroatoms. The van der Waals surface area contributed by atoms with E-state index in [9.17, 15) is 9.90 Å². The summed E-state index contributed by atoms with van der Waals surface area (Å²) in [5.41, 5.74) is 0. The van der Waals surface area contributed by atoms with E-state index in [2.05, 4.69) is 5.32 Å². The smallest absolute Gasteiger partial charge is 0.407 e. The fourth-order valence-corrected chi connectivity index (χ4v) is 1.44. The molecule has 0 aromatic rings. The SMILES string of the molecule is CCC(CC)C(O)CNC(=O)OC(C)C. The minimum Gasteiger partial charge on any atom is -0.447 e. The zero-order valence-corrected chi connectivity index (χ0v) is 10.1. The van der Waals surface area contributed by atoms with Gasteiger partial charge in [-0.1, -0.05) is 26.7 Å². The molecule has 1 unspecified atom stereocenters. The topological polar surface area (TPSA) is 58.6 Å². The molecule has 0 aliphatic carbocycles. The number of nitrogens with one attached hydrogen (secondary N) is 1. The summed E-state index contributed by atoms with van der Waals surface area (Å²) in [6.07, 6.45) is 0.752. The summed E-state index contributed by atoms with van der Waals surface area (Å²) in [6, 6.07) is 0. The lowest BCUT2D eigenvalue weighted by Gasteiger charge is -2.20. The second kappa shape index (κ2) is 7.51. The van der Waals surface area contributed by atoms with Crippen LogP contribution in [-0.2, 0) is 4.74 Å². The van der Waals surface area contributed by atoms with Crippen LogP contribution in [0.15, 0.2) is 0 Å². The molecule has 0 bridgehead atoms. The number of aliphatic hydroxyl groups is 1. The van der Waals surface area contributed by atoms with Gasteiger partial charge in [-0.3, -0.25) is 0 Å². The van der Waals surface area contributed by atoms with Gasteiger partial charge >= 0.3 is 6.09 Å². The van der Waals surface area contributed by atoms with Gasteiger partial charge in [0.15, 0.2) is 0 Å². The molecular formula is C11H23NO3.